The van der Waals surface area contributed by atoms with Crippen LogP contribution >= 0.6 is 0 Å². The van der Waals surface area contributed by atoms with Gasteiger partial charge in [0.15, 0.2) is 5.82 Å². The first kappa shape index (κ1) is 19.5. The van der Waals surface area contributed by atoms with Crippen molar-refractivity contribution in [3.63, 3.8) is 0 Å². The average molecular weight is 393 g/mol. The van der Waals surface area contributed by atoms with Gasteiger partial charge in [-0.05, 0) is 44.5 Å². The van der Waals surface area contributed by atoms with Crippen LogP contribution in [0.25, 0.3) is 22.3 Å². The van der Waals surface area contributed by atoms with Crippen LogP contribution in [0.4, 0.5) is 11.5 Å². The van der Waals surface area contributed by atoms with E-state index in [2.05, 4.69) is 50.2 Å². The lowest BCUT2D eigenvalue weighted by Gasteiger charge is -2.24. The summed E-state index contributed by atoms with van der Waals surface area (Å²) < 4.78 is 5.37. The van der Waals surface area contributed by atoms with Gasteiger partial charge in [0.2, 0.25) is 0 Å². The molecular formula is C22H28N6O. The minimum absolute atomic E-state index is 0.355. The highest BCUT2D eigenvalue weighted by molar-refractivity contribution is 5.88. The number of aromatic nitrogens is 3. The van der Waals surface area contributed by atoms with E-state index in [0.29, 0.717) is 12.6 Å². The summed E-state index contributed by atoms with van der Waals surface area (Å²) in [6, 6.07) is 10.7. The number of anilines is 2. The minimum atomic E-state index is 0.355. The van der Waals surface area contributed by atoms with Crippen LogP contribution in [0, 0.1) is 0 Å². The SMILES string of the molecule is CCOCCNc1ccc(-c2cc3nccnc3c(NC3CCCNC3)n2)cc1. The summed E-state index contributed by atoms with van der Waals surface area (Å²) in [5, 5.41) is 10.4. The maximum absolute atomic E-state index is 5.37. The molecule has 1 aliphatic rings. The standard InChI is InChI=1S/C22H28N6O/c1-2-29-13-12-24-17-7-5-16(6-8-17)19-14-20-21(26-11-10-25-20)22(28-19)27-18-4-3-9-23-15-18/h5-8,10-11,14,18,23-24H,2-4,9,12-13,15H2,1H3,(H,27,28). The van der Waals surface area contributed by atoms with Gasteiger partial charge in [-0.25, -0.2) is 9.97 Å². The van der Waals surface area contributed by atoms with Crippen molar-refractivity contribution < 1.29 is 4.74 Å². The molecule has 0 amide bonds. The molecule has 1 saturated heterocycles. The number of rotatable bonds is 8. The molecule has 1 fully saturated rings. The molecule has 1 atom stereocenters. The van der Waals surface area contributed by atoms with Crippen LogP contribution in [0.15, 0.2) is 42.7 Å². The Bertz CT molecular complexity index is 924. The van der Waals surface area contributed by atoms with Gasteiger partial charge in [0, 0.05) is 49.4 Å². The van der Waals surface area contributed by atoms with E-state index in [1.54, 1.807) is 12.4 Å². The third kappa shape index (κ3) is 4.99. The van der Waals surface area contributed by atoms with Crippen molar-refractivity contribution in [2.75, 3.05) is 43.5 Å². The van der Waals surface area contributed by atoms with E-state index in [4.69, 9.17) is 9.72 Å². The molecule has 3 heterocycles. The van der Waals surface area contributed by atoms with Gasteiger partial charge in [-0.2, -0.15) is 0 Å². The van der Waals surface area contributed by atoms with Gasteiger partial charge in [-0.3, -0.25) is 4.98 Å². The van der Waals surface area contributed by atoms with Gasteiger partial charge in [0.1, 0.15) is 5.52 Å². The quantitative estimate of drug-likeness (QED) is 0.507. The first-order chi connectivity index (χ1) is 14.3. The molecule has 0 radical (unpaired) electrons. The Kier molecular flexibility index (Phi) is 6.49. The number of hydrogen-bond donors (Lipinski definition) is 3. The van der Waals surface area contributed by atoms with Gasteiger partial charge in [-0.15, -0.1) is 0 Å². The number of nitrogens with zero attached hydrogens (tertiary/aromatic N) is 3. The van der Waals surface area contributed by atoms with Gasteiger partial charge in [0.05, 0.1) is 17.8 Å². The van der Waals surface area contributed by atoms with E-state index in [1.807, 2.05) is 13.0 Å². The first-order valence-electron chi connectivity index (χ1n) is 10.3. The van der Waals surface area contributed by atoms with Crippen LogP contribution in [0.5, 0.6) is 0 Å². The normalized spacial score (nSPS) is 16.7. The summed E-state index contributed by atoms with van der Waals surface area (Å²) in [4.78, 5) is 13.9. The van der Waals surface area contributed by atoms with Crippen LogP contribution in [-0.2, 0) is 4.74 Å². The second-order valence-electron chi connectivity index (χ2n) is 7.17. The molecule has 3 N–H and O–H groups in total. The highest BCUT2D eigenvalue weighted by atomic mass is 16.5. The second kappa shape index (κ2) is 9.62. The van der Waals surface area contributed by atoms with Crippen LogP contribution in [0.2, 0.25) is 0 Å². The Morgan fingerprint density at radius 2 is 2.03 bits per heavy atom. The number of nitrogens with one attached hydrogen (secondary N) is 3. The number of fused-ring (bicyclic) bond motifs is 1. The number of pyridine rings is 1. The summed E-state index contributed by atoms with van der Waals surface area (Å²) in [6.07, 6.45) is 5.74. The zero-order valence-electron chi connectivity index (χ0n) is 16.8. The Hall–Kier alpha value is -2.77. The molecule has 1 unspecified atom stereocenters. The molecule has 2 aromatic heterocycles. The average Bonchev–Trinajstić information content (AvgIpc) is 2.78. The fraction of sp³-hybridized carbons (Fsp3) is 0.409. The van der Waals surface area contributed by atoms with Crippen molar-refractivity contribution in [2.45, 2.75) is 25.8 Å². The molecule has 7 heteroatoms. The largest absolute Gasteiger partial charge is 0.383 e. The van der Waals surface area contributed by atoms with Gasteiger partial charge in [0.25, 0.3) is 0 Å². The summed E-state index contributed by atoms with van der Waals surface area (Å²) in [5.74, 6) is 0.804. The highest BCUT2D eigenvalue weighted by Crippen LogP contribution is 2.27. The van der Waals surface area contributed by atoms with Gasteiger partial charge in [-0.1, -0.05) is 12.1 Å². The Morgan fingerprint density at radius 1 is 1.17 bits per heavy atom. The van der Waals surface area contributed by atoms with E-state index >= 15 is 0 Å². The fourth-order valence-corrected chi connectivity index (χ4v) is 3.56. The second-order valence-corrected chi connectivity index (χ2v) is 7.17. The predicted octanol–water partition coefficient (Wildman–Crippen LogP) is 3.30. The number of hydrogen-bond acceptors (Lipinski definition) is 7. The van der Waals surface area contributed by atoms with E-state index in [1.165, 1.54) is 6.42 Å². The van der Waals surface area contributed by atoms with E-state index in [9.17, 15) is 0 Å². The lowest BCUT2D eigenvalue weighted by molar-refractivity contribution is 0.158. The Labute approximate surface area is 171 Å². The lowest BCUT2D eigenvalue weighted by Crippen LogP contribution is -2.38. The zero-order chi connectivity index (χ0) is 19.9. The lowest BCUT2D eigenvalue weighted by atomic mass is 10.1. The topological polar surface area (TPSA) is 84.0 Å². The van der Waals surface area contributed by atoms with Crippen molar-refractivity contribution in [3.8, 4) is 11.3 Å². The summed E-state index contributed by atoms with van der Waals surface area (Å²) >= 11 is 0. The van der Waals surface area contributed by atoms with E-state index in [0.717, 1.165) is 66.5 Å². The molecule has 3 aromatic rings. The maximum atomic E-state index is 5.37. The van der Waals surface area contributed by atoms with E-state index < -0.39 is 0 Å². The third-order valence-corrected chi connectivity index (χ3v) is 5.05. The maximum Gasteiger partial charge on any atom is 0.155 e. The first-order valence-corrected chi connectivity index (χ1v) is 10.3. The molecular weight excluding hydrogens is 364 g/mol. The molecule has 0 bridgehead atoms. The molecule has 152 valence electrons. The van der Waals surface area contributed by atoms with Crippen molar-refractivity contribution in [2.24, 2.45) is 0 Å². The summed E-state index contributed by atoms with van der Waals surface area (Å²) in [7, 11) is 0. The van der Waals surface area contributed by atoms with Crippen LogP contribution in [0.1, 0.15) is 19.8 Å². The zero-order valence-corrected chi connectivity index (χ0v) is 16.8. The molecule has 1 aromatic carbocycles. The highest BCUT2D eigenvalue weighted by Gasteiger charge is 2.16. The molecule has 7 nitrogen and oxygen atoms in total. The van der Waals surface area contributed by atoms with Crippen LogP contribution in [0.3, 0.4) is 0 Å². The molecule has 0 spiro atoms. The minimum Gasteiger partial charge on any atom is -0.383 e. The van der Waals surface area contributed by atoms with Crippen LogP contribution < -0.4 is 16.0 Å². The fourth-order valence-electron chi connectivity index (χ4n) is 3.56. The number of ether oxygens (including phenoxy) is 1. The summed E-state index contributed by atoms with van der Waals surface area (Å²) in [5.41, 5.74) is 4.68. The molecule has 0 saturated carbocycles. The van der Waals surface area contributed by atoms with Gasteiger partial charge >= 0.3 is 0 Å². The molecule has 0 aliphatic carbocycles. The van der Waals surface area contributed by atoms with Crippen molar-refractivity contribution >= 4 is 22.5 Å². The summed E-state index contributed by atoms with van der Waals surface area (Å²) in [6.45, 7) is 6.26. The Balaban J connectivity index is 1.56. The van der Waals surface area contributed by atoms with E-state index in [-0.39, 0.29) is 0 Å². The van der Waals surface area contributed by atoms with Crippen molar-refractivity contribution in [1.29, 1.82) is 0 Å². The smallest absolute Gasteiger partial charge is 0.155 e. The Morgan fingerprint density at radius 3 is 2.83 bits per heavy atom. The predicted molar refractivity (Wildman–Crippen MR) is 117 cm³/mol. The number of benzene rings is 1. The molecule has 4 rings (SSSR count). The third-order valence-electron chi connectivity index (χ3n) is 5.05. The molecule has 1 aliphatic heterocycles. The van der Waals surface area contributed by atoms with Crippen molar-refractivity contribution in [3.05, 3.63) is 42.7 Å². The van der Waals surface area contributed by atoms with Gasteiger partial charge < -0.3 is 20.7 Å². The van der Waals surface area contributed by atoms with Crippen LogP contribution in [-0.4, -0.2) is 53.8 Å². The van der Waals surface area contributed by atoms with Crippen molar-refractivity contribution in [1.82, 2.24) is 20.3 Å². The molecule has 29 heavy (non-hydrogen) atoms. The monoisotopic (exact) mass is 392 g/mol. The number of piperidine rings is 1.